The highest BCUT2D eigenvalue weighted by Gasteiger charge is 2.24. The Balaban J connectivity index is 1.55. The fourth-order valence-corrected chi connectivity index (χ4v) is 4.94. The Morgan fingerprint density at radius 2 is 1.68 bits per heavy atom. The van der Waals surface area contributed by atoms with Gasteiger partial charge in [-0.2, -0.15) is 4.68 Å². The summed E-state index contributed by atoms with van der Waals surface area (Å²) < 4.78 is 21.9. The number of para-hydroxylation sites is 2. The zero-order valence-corrected chi connectivity index (χ0v) is 19.7. The molecule has 0 bridgehead atoms. The van der Waals surface area contributed by atoms with Gasteiger partial charge in [0.15, 0.2) is 11.3 Å². The largest absolute Gasteiger partial charge is 0.505 e. The Morgan fingerprint density at radius 1 is 0.946 bits per heavy atom. The third-order valence-corrected chi connectivity index (χ3v) is 6.85. The summed E-state index contributed by atoms with van der Waals surface area (Å²) in [4.78, 5) is 26.5. The van der Waals surface area contributed by atoms with Crippen LogP contribution in [0.4, 0.5) is 4.39 Å². The van der Waals surface area contributed by atoms with E-state index < -0.39 is 22.8 Å². The highest BCUT2D eigenvalue weighted by Crippen LogP contribution is 2.36. The van der Waals surface area contributed by atoms with E-state index in [-0.39, 0.29) is 27.6 Å². The molecule has 6 rings (SSSR count). The molecule has 6 aromatic rings. The number of tetrazole rings is 1. The van der Waals surface area contributed by atoms with Gasteiger partial charge in [-0.3, -0.25) is 4.79 Å². The van der Waals surface area contributed by atoms with Crippen molar-refractivity contribution >= 4 is 33.6 Å². The average molecular weight is 514 g/mol. The molecule has 3 aromatic heterocycles. The molecule has 0 aliphatic heterocycles. The second-order valence-electron chi connectivity index (χ2n) is 8.12. The number of halogens is 1. The lowest BCUT2D eigenvalue weighted by atomic mass is 10.1. The van der Waals surface area contributed by atoms with Crippen molar-refractivity contribution in [2.24, 2.45) is 0 Å². The zero-order valence-electron chi connectivity index (χ0n) is 18.9. The number of hydrogen-bond donors (Lipinski definition) is 1. The number of fused-ring (bicyclic) bond motifs is 3. The molecule has 0 unspecified atom stereocenters. The zero-order chi connectivity index (χ0) is 25.5. The van der Waals surface area contributed by atoms with Crippen LogP contribution in [0.3, 0.4) is 0 Å². The first-order chi connectivity index (χ1) is 18.0. The van der Waals surface area contributed by atoms with Crippen LogP contribution in [0.5, 0.6) is 5.75 Å². The molecule has 9 nitrogen and oxygen atoms in total. The Bertz CT molecular complexity index is 1900. The van der Waals surface area contributed by atoms with Crippen LogP contribution in [0, 0.1) is 5.82 Å². The van der Waals surface area contributed by atoms with Crippen LogP contribution in [0.25, 0.3) is 27.6 Å². The van der Waals surface area contributed by atoms with Gasteiger partial charge < -0.3 is 14.1 Å². The fraction of sp³-hybridized carbons (Fsp3) is 0.0385. The molecule has 182 valence electrons. The quantitative estimate of drug-likeness (QED) is 0.342. The predicted octanol–water partition coefficient (Wildman–Crippen LogP) is 4.13. The van der Waals surface area contributed by atoms with Crippen LogP contribution in [0.2, 0.25) is 0 Å². The number of nitrogens with zero attached hydrogens (tertiary/aromatic N) is 5. The lowest BCUT2D eigenvalue weighted by Crippen LogP contribution is -2.22. The topological polar surface area (TPSA) is 116 Å². The first-order valence-electron chi connectivity index (χ1n) is 11.1. The van der Waals surface area contributed by atoms with Gasteiger partial charge in [-0.15, -0.1) is 5.10 Å². The van der Waals surface area contributed by atoms with Gasteiger partial charge in [0.1, 0.15) is 16.1 Å². The van der Waals surface area contributed by atoms with Crippen molar-refractivity contribution in [2.45, 2.75) is 16.6 Å². The fourth-order valence-electron chi connectivity index (χ4n) is 4.13. The normalized spacial score (nSPS) is 11.4. The van der Waals surface area contributed by atoms with Crippen molar-refractivity contribution in [3.63, 3.8) is 0 Å². The molecule has 0 amide bonds. The Kier molecular flexibility index (Phi) is 5.53. The van der Waals surface area contributed by atoms with Crippen molar-refractivity contribution in [3.05, 3.63) is 111 Å². The maximum atomic E-state index is 13.7. The van der Waals surface area contributed by atoms with E-state index in [1.54, 1.807) is 48.5 Å². The molecule has 0 saturated heterocycles. The summed E-state index contributed by atoms with van der Waals surface area (Å²) in [7, 11) is 0. The van der Waals surface area contributed by atoms with E-state index in [9.17, 15) is 19.1 Å². The van der Waals surface area contributed by atoms with E-state index in [0.29, 0.717) is 22.2 Å². The van der Waals surface area contributed by atoms with Crippen LogP contribution in [-0.4, -0.2) is 29.9 Å². The monoisotopic (exact) mass is 513 g/mol. The SMILES string of the molecule is O=c1oc2c(c(O)c1Sc1nnnn1-c1ccccc1)c(=O)n(Cc1ccc(F)cc1)c1ccccc21. The lowest BCUT2D eigenvalue weighted by Gasteiger charge is -2.14. The molecule has 0 saturated carbocycles. The van der Waals surface area contributed by atoms with E-state index in [1.807, 2.05) is 18.2 Å². The van der Waals surface area contributed by atoms with E-state index in [4.69, 9.17) is 4.42 Å². The summed E-state index contributed by atoms with van der Waals surface area (Å²) in [5.74, 6) is -0.916. The number of benzene rings is 3. The minimum Gasteiger partial charge on any atom is -0.505 e. The van der Waals surface area contributed by atoms with Gasteiger partial charge in [0.25, 0.3) is 5.56 Å². The van der Waals surface area contributed by atoms with Crippen molar-refractivity contribution in [2.75, 3.05) is 0 Å². The summed E-state index contributed by atoms with van der Waals surface area (Å²) in [6, 6.07) is 21.7. The van der Waals surface area contributed by atoms with E-state index in [1.165, 1.54) is 21.4 Å². The maximum absolute atomic E-state index is 13.7. The third kappa shape index (κ3) is 3.95. The average Bonchev–Trinajstić information content (AvgIpc) is 3.38. The number of pyridine rings is 1. The molecule has 1 N–H and O–H groups in total. The lowest BCUT2D eigenvalue weighted by molar-refractivity contribution is 0.446. The second-order valence-corrected chi connectivity index (χ2v) is 9.09. The molecule has 0 spiro atoms. The molecular weight excluding hydrogens is 497 g/mol. The Hall–Kier alpha value is -4.77. The second kappa shape index (κ2) is 9.03. The minimum atomic E-state index is -0.835. The molecule has 37 heavy (non-hydrogen) atoms. The molecule has 0 atom stereocenters. The molecule has 0 fully saturated rings. The summed E-state index contributed by atoms with van der Waals surface area (Å²) in [6.45, 7) is 0.114. The predicted molar refractivity (Wildman–Crippen MR) is 135 cm³/mol. The first-order valence-corrected chi connectivity index (χ1v) is 11.9. The van der Waals surface area contributed by atoms with Crippen molar-refractivity contribution in [1.29, 1.82) is 0 Å². The van der Waals surface area contributed by atoms with Gasteiger partial charge in [-0.1, -0.05) is 42.5 Å². The van der Waals surface area contributed by atoms with Crippen molar-refractivity contribution < 1.29 is 13.9 Å². The molecule has 0 aliphatic carbocycles. The van der Waals surface area contributed by atoms with Crippen molar-refractivity contribution in [1.82, 2.24) is 24.8 Å². The molecule has 11 heteroatoms. The van der Waals surface area contributed by atoms with Gasteiger partial charge in [-0.05, 0) is 64.2 Å². The number of aromatic hydroxyl groups is 1. The smallest absolute Gasteiger partial charge is 0.354 e. The molecule has 3 aromatic carbocycles. The van der Waals surface area contributed by atoms with Crippen LogP contribution in [-0.2, 0) is 6.54 Å². The van der Waals surface area contributed by atoms with Gasteiger partial charge in [0, 0.05) is 5.39 Å². The van der Waals surface area contributed by atoms with Gasteiger partial charge in [0.2, 0.25) is 5.16 Å². The molecule has 3 heterocycles. The summed E-state index contributed by atoms with van der Waals surface area (Å²) in [6.07, 6.45) is 0. The van der Waals surface area contributed by atoms with Crippen LogP contribution >= 0.6 is 11.8 Å². The van der Waals surface area contributed by atoms with Gasteiger partial charge in [-0.25, -0.2) is 9.18 Å². The minimum absolute atomic E-state index is 0.0227. The Morgan fingerprint density at radius 3 is 2.46 bits per heavy atom. The Labute approximate surface area is 211 Å². The first kappa shape index (κ1) is 22.7. The highest BCUT2D eigenvalue weighted by atomic mass is 32.2. The number of hydrogen-bond acceptors (Lipinski definition) is 8. The highest BCUT2D eigenvalue weighted by molar-refractivity contribution is 7.99. The van der Waals surface area contributed by atoms with Crippen LogP contribution in [0.1, 0.15) is 5.56 Å². The van der Waals surface area contributed by atoms with E-state index in [0.717, 1.165) is 11.8 Å². The maximum Gasteiger partial charge on any atom is 0.354 e. The van der Waals surface area contributed by atoms with Crippen LogP contribution in [0.15, 0.2) is 103 Å². The van der Waals surface area contributed by atoms with E-state index >= 15 is 0 Å². The molecule has 0 radical (unpaired) electrons. The molecule has 0 aliphatic rings. The van der Waals surface area contributed by atoms with Gasteiger partial charge >= 0.3 is 5.63 Å². The third-order valence-electron chi connectivity index (χ3n) is 5.85. The number of rotatable bonds is 5. The van der Waals surface area contributed by atoms with Crippen molar-refractivity contribution in [3.8, 4) is 11.4 Å². The number of aromatic nitrogens is 5. The summed E-state index contributed by atoms with van der Waals surface area (Å²) in [5.41, 5.74) is 0.404. The van der Waals surface area contributed by atoms with Crippen LogP contribution < -0.4 is 11.2 Å². The summed E-state index contributed by atoms with van der Waals surface area (Å²) in [5, 5.41) is 23.3. The molecular formula is C26H16FN5O4S. The van der Waals surface area contributed by atoms with Gasteiger partial charge in [0.05, 0.1) is 17.7 Å². The van der Waals surface area contributed by atoms with E-state index in [2.05, 4.69) is 15.5 Å². The summed E-state index contributed by atoms with van der Waals surface area (Å²) >= 11 is 0.790. The standard InChI is InChI=1S/C26H16FN5O4S/c27-16-12-10-15(11-13-16)14-31-19-9-5-4-8-18(19)22-20(24(31)34)21(33)23(25(35)36-22)37-26-28-29-30-32(26)17-6-2-1-3-7-17/h1-13,33H,14H2.